The molecule has 0 spiro atoms. The van der Waals surface area contributed by atoms with Crippen LogP contribution in [0, 0.1) is 5.82 Å². The van der Waals surface area contributed by atoms with Gasteiger partial charge in [0.05, 0.1) is 24.5 Å². The molecule has 35 heavy (non-hydrogen) atoms. The molecule has 0 saturated carbocycles. The fourth-order valence-electron chi connectivity index (χ4n) is 4.21. The van der Waals surface area contributed by atoms with E-state index in [0.29, 0.717) is 37.9 Å². The molecule has 1 aliphatic rings. The summed E-state index contributed by atoms with van der Waals surface area (Å²) in [5.74, 6) is -0.231. The van der Waals surface area contributed by atoms with E-state index in [1.807, 2.05) is 36.9 Å². The smallest absolute Gasteiger partial charge is 0.262 e. The molecule has 0 bridgehead atoms. The van der Waals surface area contributed by atoms with Crippen LogP contribution in [-0.2, 0) is 10.2 Å². The molecule has 3 aromatic rings. The van der Waals surface area contributed by atoms with E-state index in [2.05, 4.69) is 31.8 Å². The van der Waals surface area contributed by atoms with E-state index in [9.17, 15) is 9.18 Å². The molecule has 184 valence electrons. The summed E-state index contributed by atoms with van der Waals surface area (Å²) in [5, 5.41) is 0. The van der Waals surface area contributed by atoms with E-state index in [-0.39, 0.29) is 28.5 Å². The molecule has 0 atom stereocenters. The van der Waals surface area contributed by atoms with Gasteiger partial charge < -0.3 is 14.5 Å². The summed E-state index contributed by atoms with van der Waals surface area (Å²) in [7, 11) is 0. The Hall–Kier alpha value is -3.32. The molecule has 1 amide bonds. The lowest BCUT2D eigenvalue weighted by Gasteiger charge is -2.30. The Bertz CT molecular complexity index is 1200. The van der Waals surface area contributed by atoms with Crippen molar-refractivity contribution in [1.82, 2.24) is 9.97 Å². The number of aromatic nitrogens is 2. The van der Waals surface area contributed by atoms with Crippen LogP contribution >= 0.6 is 0 Å². The number of morpholine rings is 1. The predicted molar refractivity (Wildman–Crippen MR) is 138 cm³/mol. The third-order valence-electron chi connectivity index (χ3n) is 6.15. The Balaban J connectivity index is 1.82. The summed E-state index contributed by atoms with van der Waals surface area (Å²) in [6.45, 7) is 12.8. The van der Waals surface area contributed by atoms with E-state index in [0.717, 1.165) is 11.3 Å². The molecule has 7 heteroatoms. The van der Waals surface area contributed by atoms with Crippen molar-refractivity contribution in [3.63, 3.8) is 0 Å². The maximum absolute atomic E-state index is 14.9. The van der Waals surface area contributed by atoms with Gasteiger partial charge >= 0.3 is 0 Å². The van der Waals surface area contributed by atoms with Crippen molar-refractivity contribution in [3.8, 4) is 11.3 Å². The van der Waals surface area contributed by atoms with Gasteiger partial charge in [-0.3, -0.25) is 4.79 Å². The number of rotatable bonds is 5. The summed E-state index contributed by atoms with van der Waals surface area (Å²) in [6.07, 6.45) is 1.53. The minimum Gasteiger partial charge on any atom is -0.378 e. The van der Waals surface area contributed by atoms with Crippen molar-refractivity contribution in [2.45, 2.75) is 46.1 Å². The zero-order valence-electron chi connectivity index (χ0n) is 21.1. The second-order valence-electron chi connectivity index (χ2n) is 10.1. The third kappa shape index (κ3) is 5.35. The normalized spacial score (nSPS) is 14.3. The minimum atomic E-state index is -0.431. The Morgan fingerprint density at radius 1 is 1.09 bits per heavy atom. The van der Waals surface area contributed by atoms with Crippen LogP contribution in [0.3, 0.4) is 0 Å². The van der Waals surface area contributed by atoms with Gasteiger partial charge in [0.2, 0.25) is 5.95 Å². The molecule has 4 rings (SSSR count). The maximum Gasteiger partial charge on any atom is 0.262 e. The van der Waals surface area contributed by atoms with Crippen LogP contribution in [0.15, 0.2) is 54.7 Å². The molecular weight excluding hydrogens is 443 g/mol. The molecule has 1 fully saturated rings. The van der Waals surface area contributed by atoms with Crippen LogP contribution < -0.4 is 9.80 Å². The van der Waals surface area contributed by atoms with E-state index in [4.69, 9.17) is 9.72 Å². The first-order valence-corrected chi connectivity index (χ1v) is 12.1. The number of carbonyl (C=O) groups is 1. The number of ether oxygens (including phenoxy) is 1. The van der Waals surface area contributed by atoms with Crippen molar-refractivity contribution in [3.05, 3.63) is 71.7 Å². The summed E-state index contributed by atoms with van der Waals surface area (Å²) in [5.41, 5.74) is 2.68. The lowest BCUT2D eigenvalue weighted by molar-refractivity contribution is 0.0980. The standard InChI is InChI=1S/C28H33FN4O2/c1-19(2)33(21-10-8-9-20(17-21)28(3,4)5)26(34)23-18-30-27(32-13-15-35-16-14-32)31-25(23)22-11-6-7-12-24(22)29/h6-12,17-19H,13-16H2,1-5H3. The summed E-state index contributed by atoms with van der Waals surface area (Å²) >= 11 is 0. The summed E-state index contributed by atoms with van der Waals surface area (Å²) in [6, 6.07) is 14.3. The average molecular weight is 477 g/mol. The highest BCUT2D eigenvalue weighted by Gasteiger charge is 2.28. The molecule has 6 nitrogen and oxygen atoms in total. The van der Waals surface area contributed by atoms with Crippen molar-refractivity contribution in [2.75, 3.05) is 36.1 Å². The van der Waals surface area contributed by atoms with Crippen molar-refractivity contribution in [2.24, 2.45) is 0 Å². The SMILES string of the molecule is CC(C)N(C(=O)c1cnc(N2CCOCC2)nc1-c1ccccc1F)c1cccc(C(C)(C)C)c1. The monoisotopic (exact) mass is 476 g/mol. The van der Waals surface area contributed by atoms with Crippen LogP contribution in [0.1, 0.15) is 50.5 Å². The van der Waals surface area contributed by atoms with Crippen LogP contribution in [0.5, 0.6) is 0 Å². The molecule has 1 aliphatic heterocycles. The first kappa shape index (κ1) is 24.8. The maximum atomic E-state index is 14.9. The molecule has 1 saturated heterocycles. The molecule has 0 aliphatic carbocycles. The highest BCUT2D eigenvalue weighted by molar-refractivity contribution is 6.10. The van der Waals surface area contributed by atoms with Gasteiger partial charge in [0.15, 0.2) is 0 Å². The number of nitrogens with zero attached hydrogens (tertiary/aromatic N) is 4. The second-order valence-corrected chi connectivity index (χ2v) is 10.1. The molecule has 0 radical (unpaired) electrons. The van der Waals surface area contributed by atoms with Crippen LogP contribution in [-0.4, -0.2) is 48.2 Å². The van der Waals surface area contributed by atoms with Gasteiger partial charge in [-0.15, -0.1) is 0 Å². The minimum absolute atomic E-state index is 0.0665. The summed E-state index contributed by atoms with van der Waals surface area (Å²) in [4.78, 5) is 27.0. The molecule has 2 aromatic carbocycles. The lowest BCUT2D eigenvalue weighted by Crippen LogP contribution is -2.39. The topological polar surface area (TPSA) is 58.6 Å². The van der Waals surface area contributed by atoms with Crippen LogP contribution in [0.2, 0.25) is 0 Å². The molecule has 0 N–H and O–H groups in total. The van der Waals surface area contributed by atoms with Gasteiger partial charge in [-0.25, -0.2) is 14.4 Å². The fraction of sp³-hybridized carbons (Fsp3) is 0.393. The average Bonchev–Trinajstić information content (AvgIpc) is 2.84. The van der Waals surface area contributed by atoms with Crippen LogP contribution in [0.25, 0.3) is 11.3 Å². The Labute approximate surface area is 206 Å². The number of anilines is 2. The zero-order valence-corrected chi connectivity index (χ0v) is 21.1. The first-order valence-electron chi connectivity index (χ1n) is 12.1. The molecule has 1 aromatic heterocycles. The van der Waals surface area contributed by atoms with Crippen molar-refractivity contribution in [1.29, 1.82) is 0 Å². The highest BCUT2D eigenvalue weighted by atomic mass is 19.1. The van der Waals surface area contributed by atoms with Crippen LogP contribution in [0.4, 0.5) is 16.0 Å². The van der Waals surface area contributed by atoms with Gasteiger partial charge in [0.1, 0.15) is 5.82 Å². The number of hydrogen-bond acceptors (Lipinski definition) is 5. The second kappa shape index (κ2) is 10.1. The fourth-order valence-corrected chi connectivity index (χ4v) is 4.21. The lowest BCUT2D eigenvalue weighted by atomic mass is 9.87. The van der Waals surface area contributed by atoms with Gasteiger partial charge in [0.25, 0.3) is 5.91 Å². The number of hydrogen-bond donors (Lipinski definition) is 0. The van der Waals surface area contributed by atoms with Gasteiger partial charge in [0, 0.05) is 36.6 Å². The largest absolute Gasteiger partial charge is 0.378 e. The molecule has 0 unspecified atom stereocenters. The molecular formula is C28H33FN4O2. The Morgan fingerprint density at radius 2 is 1.80 bits per heavy atom. The number of carbonyl (C=O) groups excluding carboxylic acids is 1. The number of amides is 1. The first-order chi connectivity index (χ1) is 16.7. The summed E-state index contributed by atoms with van der Waals surface area (Å²) < 4.78 is 20.4. The number of halogens is 1. The van der Waals surface area contributed by atoms with Crippen molar-refractivity contribution >= 4 is 17.5 Å². The van der Waals surface area contributed by atoms with E-state index < -0.39 is 5.82 Å². The van der Waals surface area contributed by atoms with E-state index in [1.165, 1.54) is 12.3 Å². The third-order valence-corrected chi connectivity index (χ3v) is 6.15. The predicted octanol–water partition coefficient (Wildman–Crippen LogP) is 5.47. The van der Waals surface area contributed by atoms with Gasteiger partial charge in [-0.1, -0.05) is 45.0 Å². The number of benzene rings is 2. The molecule has 2 heterocycles. The van der Waals surface area contributed by atoms with E-state index >= 15 is 0 Å². The quantitative estimate of drug-likeness (QED) is 0.489. The Morgan fingerprint density at radius 3 is 2.46 bits per heavy atom. The Kier molecular flexibility index (Phi) is 7.17. The van der Waals surface area contributed by atoms with E-state index in [1.54, 1.807) is 23.1 Å². The highest BCUT2D eigenvalue weighted by Crippen LogP contribution is 2.31. The zero-order chi connectivity index (χ0) is 25.2. The van der Waals surface area contributed by atoms with Gasteiger partial charge in [-0.2, -0.15) is 0 Å². The van der Waals surface area contributed by atoms with Gasteiger partial charge in [-0.05, 0) is 49.1 Å². The van der Waals surface area contributed by atoms with Crippen molar-refractivity contribution < 1.29 is 13.9 Å².